The van der Waals surface area contributed by atoms with E-state index in [1.807, 2.05) is 6.07 Å². The summed E-state index contributed by atoms with van der Waals surface area (Å²) >= 11 is 0. The molecule has 106 valence electrons. The number of phenolic OH excluding ortho intramolecular Hbond substituents is 1. The number of nitrogens with zero attached hydrogens (tertiary/aromatic N) is 2. The number of hydrogen-bond donors (Lipinski definition) is 1. The van der Waals surface area contributed by atoms with Crippen LogP contribution in [0.2, 0.25) is 0 Å². The predicted octanol–water partition coefficient (Wildman–Crippen LogP) is 4.13. The van der Waals surface area contributed by atoms with Crippen molar-refractivity contribution in [2.45, 2.75) is 45.4 Å². The lowest BCUT2D eigenvalue weighted by atomic mass is 9.69. The minimum Gasteiger partial charge on any atom is -0.508 e. The molecule has 1 N–H and O–H groups in total. The molecule has 4 heteroatoms. The molecule has 2 aromatic rings. The fraction of sp³-hybridized carbons (Fsp3) is 0.500. The van der Waals surface area contributed by atoms with Gasteiger partial charge in [-0.05, 0) is 30.4 Å². The molecule has 0 spiro atoms. The molecule has 1 atom stereocenters. The maximum absolute atomic E-state index is 9.53. The third-order valence-electron chi connectivity index (χ3n) is 4.35. The number of aromatic nitrogens is 2. The van der Waals surface area contributed by atoms with Crippen molar-refractivity contribution in [2.24, 2.45) is 5.41 Å². The van der Waals surface area contributed by atoms with E-state index in [1.54, 1.807) is 18.2 Å². The molecule has 0 amide bonds. The Morgan fingerprint density at radius 3 is 2.90 bits per heavy atom. The summed E-state index contributed by atoms with van der Waals surface area (Å²) in [5.41, 5.74) is 0.995. The molecule has 4 nitrogen and oxygen atoms in total. The monoisotopic (exact) mass is 272 g/mol. The third-order valence-corrected chi connectivity index (χ3v) is 4.35. The zero-order valence-corrected chi connectivity index (χ0v) is 12.0. The zero-order chi connectivity index (χ0) is 14.2. The maximum atomic E-state index is 9.53. The highest BCUT2D eigenvalue weighted by atomic mass is 16.5. The molecular formula is C16H20N2O2. The highest BCUT2D eigenvalue weighted by Crippen LogP contribution is 2.46. The largest absolute Gasteiger partial charge is 0.508 e. The van der Waals surface area contributed by atoms with Crippen molar-refractivity contribution in [2.75, 3.05) is 0 Å². The predicted molar refractivity (Wildman–Crippen MR) is 76.4 cm³/mol. The van der Waals surface area contributed by atoms with E-state index in [4.69, 9.17) is 4.52 Å². The van der Waals surface area contributed by atoms with Gasteiger partial charge in [-0.15, -0.1) is 0 Å². The first-order valence-electron chi connectivity index (χ1n) is 7.19. The van der Waals surface area contributed by atoms with E-state index in [0.29, 0.717) is 11.7 Å². The highest BCUT2D eigenvalue weighted by Gasteiger charge is 2.37. The van der Waals surface area contributed by atoms with Gasteiger partial charge in [0, 0.05) is 11.5 Å². The van der Waals surface area contributed by atoms with Gasteiger partial charge in [-0.25, -0.2) is 0 Å². The standard InChI is InChI=1S/C16H20N2O2/c1-16(2)9-4-3-8-13(16)15-17-14(18-20-15)11-6-5-7-12(19)10-11/h5-7,10,13,19H,3-4,8-9H2,1-2H3. The average molecular weight is 272 g/mol. The van der Waals surface area contributed by atoms with E-state index in [1.165, 1.54) is 19.3 Å². The van der Waals surface area contributed by atoms with Crippen molar-refractivity contribution in [3.05, 3.63) is 30.2 Å². The molecule has 1 aromatic heterocycles. The molecule has 0 radical (unpaired) electrons. The molecule has 1 saturated carbocycles. The molecule has 1 aliphatic rings. The van der Waals surface area contributed by atoms with Gasteiger partial charge in [0.15, 0.2) is 0 Å². The van der Waals surface area contributed by atoms with Crippen LogP contribution in [0.25, 0.3) is 11.4 Å². The second kappa shape index (κ2) is 4.93. The van der Waals surface area contributed by atoms with Gasteiger partial charge in [0.1, 0.15) is 5.75 Å². The van der Waals surface area contributed by atoms with Crippen LogP contribution in [-0.2, 0) is 0 Å². The molecule has 1 aromatic carbocycles. The Bertz CT molecular complexity index is 604. The lowest BCUT2D eigenvalue weighted by molar-refractivity contribution is 0.164. The van der Waals surface area contributed by atoms with Crippen LogP contribution in [0.4, 0.5) is 0 Å². The molecular weight excluding hydrogens is 252 g/mol. The van der Waals surface area contributed by atoms with Crippen LogP contribution in [0.5, 0.6) is 5.75 Å². The second-order valence-electron chi connectivity index (χ2n) is 6.29. The van der Waals surface area contributed by atoms with Gasteiger partial charge in [0.05, 0.1) is 0 Å². The van der Waals surface area contributed by atoms with Crippen LogP contribution < -0.4 is 0 Å². The fourth-order valence-corrected chi connectivity index (χ4v) is 3.09. The van der Waals surface area contributed by atoms with Crippen LogP contribution >= 0.6 is 0 Å². The lowest BCUT2D eigenvalue weighted by Crippen LogP contribution is -2.26. The van der Waals surface area contributed by atoms with Crippen LogP contribution in [-0.4, -0.2) is 15.2 Å². The smallest absolute Gasteiger partial charge is 0.230 e. The van der Waals surface area contributed by atoms with Gasteiger partial charge >= 0.3 is 0 Å². The minimum atomic E-state index is 0.209. The van der Waals surface area contributed by atoms with Gasteiger partial charge in [0.2, 0.25) is 11.7 Å². The molecule has 0 bridgehead atoms. The normalized spacial score (nSPS) is 21.8. The first-order chi connectivity index (χ1) is 9.56. The summed E-state index contributed by atoms with van der Waals surface area (Å²) in [7, 11) is 0. The van der Waals surface area contributed by atoms with E-state index in [2.05, 4.69) is 24.0 Å². The van der Waals surface area contributed by atoms with Crippen molar-refractivity contribution >= 4 is 0 Å². The lowest BCUT2D eigenvalue weighted by Gasteiger charge is -2.36. The second-order valence-corrected chi connectivity index (χ2v) is 6.29. The molecule has 1 unspecified atom stereocenters. The van der Waals surface area contributed by atoms with E-state index in [0.717, 1.165) is 17.9 Å². The molecule has 1 heterocycles. The van der Waals surface area contributed by atoms with Crippen LogP contribution in [0.1, 0.15) is 51.3 Å². The Balaban J connectivity index is 1.90. The van der Waals surface area contributed by atoms with Gasteiger partial charge in [0.25, 0.3) is 0 Å². The minimum absolute atomic E-state index is 0.209. The molecule has 1 aliphatic carbocycles. The summed E-state index contributed by atoms with van der Waals surface area (Å²) in [4.78, 5) is 4.55. The Labute approximate surface area is 118 Å². The van der Waals surface area contributed by atoms with Gasteiger partial charge < -0.3 is 9.63 Å². The van der Waals surface area contributed by atoms with Gasteiger partial charge in [-0.3, -0.25) is 0 Å². The van der Waals surface area contributed by atoms with Crippen molar-refractivity contribution in [3.63, 3.8) is 0 Å². The fourth-order valence-electron chi connectivity index (χ4n) is 3.09. The van der Waals surface area contributed by atoms with E-state index in [-0.39, 0.29) is 11.2 Å². The summed E-state index contributed by atoms with van der Waals surface area (Å²) in [5.74, 6) is 1.83. The molecule has 1 fully saturated rings. The van der Waals surface area contributed by atoms with Crippen molar-refractivity contribution in [1.29, 1.82) is 0 Å². The van der Waals surface area contributed by atoms with Gasteiger partial charge in [-0.1, -0.05) is 44.0 Å². The summed E-state index contributed by atoms with van der Waals surface area (Å²) in [6.45, 7) is 4.55. The summed E-state index contributed by atoms with van der Waals surface area (Å²) < 4.78 is 5.49. The zero-order valence-electron chi connectivity index (χ0n) is 12.0. The maximum Gasteiger partial charge on any atom is 0.230 e. The van der Waals surface area contributed by atoms with E-state index in [9.17, 15) is 5.11 Å². The van der Waals surface area contributed by atoms with Crippen molar-refractivity contribution in [1.82, 2.24) is 10.1 Å². The van der Waals surface area contributed by atoms with Gasteiger partial charge in [-0.2, -0.15) is 4.98 Å². The van der Waals surface area contributed by atoms with Crippen LogP contribution in [0, 0.1) is 5.41 Å². The SMILES string of the molecule is CC1(C)CCCCC1c1nc(-c2cccc(O)c2)no1. The Morgan fingerprint density at radius 1 is 1.30 bits per heavy atom. The Hall–Kier alpha value is -1.84. The number of benzene rings is 1. The van der Waals surface area contributed by atoms with Crippen LogP contribution in [0.3, 0.4) is 0 Å². The van der Waals surface area contributed by atoms with E-state index >= 15 is 0 Å². The number of rotatable bonds is 2. The van der Waals surface area contributed by atoms with Crippen molar-refractivity contribution in [3.8, 4) is 17.1 Å². The molecule has 0 saturated heterocycles. The summed E-state index contributed by atoms with van der Waals surface area (Å²) in [5, 5.41) is 13.6. The van der Waals surface area contributed by atoms with Crippen molar-refractivity contribution < 1.29 is 9.63 Å². The number of phenols is 1. The molecule has 0 aliphatic heterocycles. The average Bonchev–Trinajstić information content (AvgIpc) is 2.87. The first kappa shape index (κ1) is 13.2. The number of aromatic hydroxyl groups is 1. The summed E-state index contributed by atoms with van der Waals surface area (Å²) in [6.07, 6.45) is 4.80. The first-order valence-corrected chi connectivity index (χ1v) is 7.19. The molecule has 20 heavy (non-hydrogen) atoms. The molecule has 3 rings (SSSR count). The Kier molecular flexibility index (Phi) is 3.24. The topological polar surface area (TPSA) is 59.2 Å². The van der Waals surface area contributed by atoms with Crippen LogP contribution in [0.15, 0.2) is 28.8 Å². The summed E-state index contributed by atoms with van der Waals surface area (Å²) in [6, 6.07) is 6.95. The third kappa shape index (κ3) is 2.42. The number of hydrogen-bond acceptors (Lipinski definition) is 4. The van der Waals surface area contributed by atoms with E-state index < -0.39 is 0 Å². The quantitative estimate of drug-likeness (QED) is 0.893. The Morgan fingerprint density at radius 2 is 2.15 bits per heavy atom. The highest BCUT2D eigenvalue weighted by molar-refractivity contribution is 5.56.